The standard InChI is InChI=1S/C10H11N3O3S/c1-6-7(3-4-16-6)9-11-12-10(13(9)2)17-5-8(14)15/h3-4H,5H2,1-2H3,(H,14,15). The highest BCUT2D eigenvalue weighted by Crippen LogP contribution is 2.25. The number of carbonyl (C=O) groups is 1. The normalized spacial score (nSPS) is 10.7. The summed E-state index contributed by atoms with van der Waals surface area (Å²) in [4.78, 5) is 10.5. The lowest BCUT2D eigenvalue weighted by Crippen LogP contribution is -2.01. The van der Waals surface area contributed by atoms with E-state index in [0.29, 0.717) is 11.0 Å². The average molecular weight is 253 g/mol. The van der Waals surface area contributed by atoms with Gasteiger partial charge in [0.2, 0.25) is 0 Å². The molecule has 2 aromatic rings. The van der Waals surface area contributed by atoms with Crippen LogP contribution >= 0.6 is 11.8 Å². The Balaban J connectivity index is 2.27. The van der Waals surface area contributed by atoms with Crippen LogP contribution in [0.3, 0.4) is 0 Å². The number of rotatable bonds is 4. The third kappa shape index (κ3) is 2.33. The first-order valence-electron chi connectivity index (χ1n) is 4.88. The second-order valence-electron chi connectivity index (χ2n) is 3.44. The van der Waals surface area contributed by atoms with Crippen molar-refractivity contribution in [1.82, 2.24) is 14.8 Å². The molecule has 7 heteroatoms. The summed E-state index contributed by atoms with van der Waals surface area (Å²) < 4.78 is 6.95. The molecule has 0 aromatic carbocycles. The number of nitrogens with zero attached hydrogens (tertiary/aromatic N) is 3. The SMILES string of the molecule is Cc1occc1-c1nnc(SCC(=O)O)n1C. The minimum absolute atomic E-state index is 0.0314. The topological polar surface area (TPSA) is 81.2 Å². The summed E-state index contributed by atoms with van der Waals surface area (Å²) in [7, 11) is 1.80. The second-order valence-corrected chi connectivity index (χ2v) is 4.38. The van der Waals surface area contributed by atoms with Gasteiger partial charge < -0.3 is 14.1 Å². The van der Waals surface area contributed by atoms with Crippen molar-refractivity contribution in [1.29, 1.82) is 0 Å². The molecule has 6 nitrogen and oxygen atoms in total. The average Bonchev–Trinajstić information content (AvgIpc) is 2.82. The number of carboxylic acids is 1. The van der Waals surface area contributed by atoms with Crippen molar-refractivity contribution in [2.24, 2.45) is 7.05 Å². The molecule has 0 aliphatic rings. The van der Waals surface area contributed by atoms with Crippen LogP contribution in [0.5, 0.6) is 0 Å². The highest BCUT2D eigenvalue weighted by Gasteiger charge is 2.15. The fourth-order valence-corrected chi connectivity index (χ4v) is 2.05. The summed E-state index contributed by atoms with van der Waals surface area (Å²) in [5.41, 5.74) is 0.863. The van der Waals surface area contributed by atoms with E-state index in [1.807, 2.05) is 13.0 Å². The molecule has 0 unspecified atom stereocenters. The van der Waals surface area contributed by atoms with E-state index in [4.69, 9.17) is 9.52 Å². The predicted octanol–water partition coefficient (Wildman–Crippen LogP) is 1.56. The number of hydrogen-bond donors (Lipinski definition) is 1. The molecule has 0 aliphatic carbocycles. The zero-order valence-electron chi connectivity index (χ0n) is 9.38. The first kappa shape index (κ1) is 11.7. The van der Waals surface area contributed by atoms with Gasteiger partial charge in [0.05, 0.1) is 17.6 Å². The van der Waals surface area contributed by atoms with Gasteiger partial charge in [0.25, 0.3) is 0 Å². The summed E-state index contributed by atoms with van der Waals surface area (Å²) >= 11 is 1.14. The van der Waals surface area contributed by atoms with Gasteiger partial charge in [-0.3, -0.25) is 4.79 Å². The Morgan fingerprint density at radius 2 is 2.35 bits per heavy atom. The minimum Gasteiger partial charge on any atom is -0.481 e. The largest absolute Gasteiger partial charge is 0.481 e. The van der Waals surface area contributed by atoms with Gasteiger partial charge in [0.1, 0.15) is 5.76 Å². The number of aromatic nitrogens is 3. The first-order valence-corrected chi connectivity index (χ1v) is 5.86. The molecule has 17 heavy (non-hydrogen) atoms. The zero-order chi connectivity index (χ0) is 12.4. The fraction of sp³-hybridized carbons (Fsp3) is 0.300. The van der Waals surface area contributed by atoms with E-state index in [1.165, 1.54) is 0 Å². The lowest BCUT2D eigenvalue weighted by Gasteiger charge is -2.01. The number of furan rings is 1. The highest BCUT2D eigenvalue weighted by molar-refractivity contribution is 7.99. The molecule has 2 heterocycles. The maximum absolute atomic E-state index is 10.5. The van der Waals surface area contributed by atoms with Crippen molar-refractivity contribution in [3.05, 3.63) is 18.1 Å². The van der Waals surface area contributed by atoms with Crippen molar-refractivity contribution in [3.8, 4) is 11.4 Å². The molecule has 0 saturated heterocycles. The molecule has 2 rings (SSSR count). The van der Waals surface area contributed by atoms with Crippen LogP contribution in [0.15, 0.2) is 21.9 Å². The predicted molar refractivity (Wildman–Crippen MR) is 61.8 cm³/mol. The van der Waals surface area contributed by atoms with Crippen LogP contribution in [0.25, 0.3) is 11.4 Å². The molecule has 0 bridgehead atoms. The number of carboxylic acid groups (broad SMARTS) is 1. The van der Waals surface area contributed by atoms with Gasteiger partial charge in [-0.05, 0) is 13.0 Å². The van der Waals surface area contributed by atoms with Crippen molar-refractivity contribution in [2.75, 3.05) is 5.75 Å². The molecule has 0 fully saturated rings. The Bertz CT molecular complexity index is 547. The quantitative estimate of drug-likeness (QED) is 0.833. The van der Waals surface area contributed by atoms with Crippen LogP contribution in [0.4, 0.5) is 0 Å². The van der Waals surface area contributed by atoms with Gasteiger partial charge in [0, 0.05) is 7.05 Å². The van der Waals surface area contributed by atoms with Gasteiger partial charge in [-0.15, -0.1) is 10.2 Å². The Kier molecular flexibility index (Phi) is 3.19. The molecule has 0 saturated carbocycles. The Labute approximate surface area is 102 Å². The maximum Gasteiger partial charge on any atom is 0.313 e. The molecule has 90 valence electrons. The molecule has 0 spiro atoms. The second kappa shape index (κ2) is 4.62. The highest BCUT2D eigenvalue weighted by atomic mass is 32.2. The molecule has 0 radical (unpaired) electrons. The van der Waals surface area contributed by atoms with Gasteiger partial charge in [-0.1, -0.05) is 11.8 Å². The van der Waals surface area contributed by atoms with E-state index in [1.54, 1.807) is 17.9 Å². The summed E-state index contributed by atoms with van der Waals surface area (Å²) in [6.07, 6.45) is 1.59. The molecule has 0 aliphatic heterocycles. The van der Waals surface area contributed by atoms with Crippen LogP contribution in [0.2, 0.25) is 0 Å². The third-order valence-corrected chi connectivity index (χ3v) is 3.26. The number of aliphatic carboxylic acids is 1. The van der Waals surface area contributed by atoms with Gasteiger partial charge in [-0.2, -0.15) is 0 Å². The summed E-state index contributed by atoms with van der Waals surface area (Å²) in [6.45, 7) is 1.84. The third-order valence-electron chi connectivity index (χ3n) is 2.26. The Hall–Kier alpha value is -1.76. The molecular weight excluding hydrogens is 242 g/mol. The lowest BCUT2D eigenvalue weighted by molar-refractivity contribution is -0.133. The van der Waals surface area contributed by atoms with Crippen molar-refractivity contribution in [3.63, 3.8) is 0 Å². The molecule has 0 amide bonds. The zero-order valence-corrected chi connectivity index (χ0v) is 10.2. The van der Waals surface area contributed by atoms with E-state index >= 15 is 0 Å². The van der Waals surface area contributed by atoms with Crippen LogP contribution in [-0.2, 0) is 11.8 Å². The monoisotopic (exact) mass is 253 g/mol. The van der Waals surface area contributed by atoms with Gasteiger partial charge >= 0.3 is 5.97 Å². The number of hydrogen-bond acceptors (Lipinski definition) is 5. The first-order chi connectivity index (χ1) is 8.09. The maximum atomic E-state index is 10.5. The smallest absolute Gasteiger partial charge is 0.313 e. The fourth-order valence-electron chi connectivity index (χ4n) is 1.42. The van der Waals surface area contributed by atoms with E-state index in [2.05, 4.69) is 10.2 Å². The van der Waals surface area contributed by atoms with Crippen LogP contribution in [0, 0.1) is 6.92 Å². The van der Waals surface area contributed by atoms with Crippen LogP contribution in [-0.4, -0.2) is 31.6 Å². The van der Waals surface area contributed by atoms with Gasteiger partial charge in [-0.25, -0.2) is 0 Å². The van der Waals surface area contributed by atoms with E-state index in [9.17, 15) is 4.79 Å². The molecule has 0 atom stereocenters. The van der Waals surface area contributed by atoms with E-state index < -0.39 is 5.97 Å². The Morgan fingerprint density at radius 1 is 1.59 bits per heavy atom. The number of thioether (sulfide) groups is 1. The lowest BCUT2D eigenvalue weighted by atomic mass is 10.2. The number of aryl methyl sites for hydroxylation is 1. The molecule has 2 aromatic heterocycles. The summed E-state index contributed by atoms with van der Waals surface area (Å²) in [6, 6.07) is 1.81. The van der Waals surface area contributed by atoms with E-state index in [0.717, 1.165) is 23.1 Å². The van der Waals surface area contributed by atoms with E-state index in [-0.39, 0.29) is 5.75 Å². The molecular formula is C10H11N3O3S. The molecule has 1 N–H and O–H groups in total. The van der Waals surface area contributed by atoms with Crippen LogP contribution < -0.4 is 0 Å². The minimum atomic E-state index is -0.876. The van der Waals surface area contributed by atoms with Crippen molar-refractivity contribution >= 4 is 17.7 Å². The van der Waals surface area contributed by atoms with Crippen LogP contribution in [0.1, 0.15) is 5.76 Å². The summed E-state index contributed by atoms with van der Waals surface area (Å²) in [5.74, 6) is 0.523. The van der Waals surface area contributed by atoms with Crippen molar-refractivity contribution < 1.29 is 14.3 Å². The van der Waals surface area contributed by atoms with Gasteiger partial charge in [0.15, 0.2) is 11.0 Å². The van der Waals surface area contributed by atoms with Crippen molar-refractivity contribution in [2.45, 2.75) is 12.1 Å². The summed E-state index contributed by atoms with van der Waals surface area (Å²) in [5, 5.41) is 17.2. The Morgan fingerprint density at radius 3 is 2.94 bits per heavy atom.